The molecule has 5 heteroatoms. The van der Waals surface area contributed by atoms with Crippen molar-refractivity contribution in [2.75, 3.05) is 17.5 Å². The van der Waals surface area contributed by atoms with Gasteiger partial charge in [-0.15, -0.1) is 0 Å². The monoisotopic (exact) mass is 329 g/mol. The minimum atomic E-state index is -3.58. The second-order valence-corrected chi connectivity index (χ2v) is 8.15. The third-order valence-electron chi connectivity index (χ3n) is 4.77. The predicted molar refractivity (Wildman–Crippen MR) is 89.0 cm³/mol. The van der Waals surface area contributed by atoms with Gasteiger partial charge in [-0.25, -0.2) is 8.42 Å². The van der Waals surface area contributed by atoms with E-state index in [1.807, 2.05) is 43.3 Å². The Balaban J connectivity index is 1.82. The van der Waals surface area contributed by atoms with E-state index in [1.54, 1.807) is 12.1 Å². The van der Waals surface area contributed by atoms with Crippen molar-refractivity contribution in [3.63, 3.8) is 0 Å². The Labute approximate surface area is 136 Å². The average molecular weight is 329 g/mol. The lowest BCUT2D eigenvalue weighted by atomic mass is 9.93. The molecule has 2 heterocycles. The van der Waals surface area contributed by atoms with Gasteiger partial charge in [0.05, 0.1) is 17.1 Å². The molecule has 1 fully saturated rings. The van der Waals surface area contributed by atoms with E-state index in [-0.39, 0.29) is 0 Å². The number of ether oxygens (including phenoxy) is 1. The van der Waals surface area contributed by atoms with Crippen LogP contribution in [0.1, 0.15) is 24.0 Å². The van der Waals surface area contributed by atoms with Crippen LogP contribution in [-0.4, -0.2) is 21.6 Å². The molecule has 0 amide bonds. The number of anilines is 1. The first-order chi connectivity index (χ1) is 11.0. The summed E-state index contributed by atoms with van der Waals surface area (Å²) < 4.78 is 33.8. The van der Waals surface area contributed by atoms with E-state index in [2.05, 4.69) is 0 Å². The van der Waals surface area contributed by atoms with Crippen LogP contribution in [0, 0.1) is 6.92 Å². The topological polar surface area (TPSA) is 46.6 Å². The molecule has 2 aliphatic heterocycles. The molecule has 4 rings (SSSR count). The molecule has 2 aliphatic rings. The molecule has 23 heavy (non-hydrogen) atoms. The molecule has 1 atom stereocenters. The first-order valence-corrected chi connectivity index (χ1v) is 9.30. The largest absolute Gasteiger partial charge is 0.368 e. The highest BCUT2D eigenvalue weighted by Gasteiger charge is 2.49. The summed E-state index contributed by atoms with van der Waals surface area (Å²) in [5, 5.41) is 0. The Morgan fingerprint density at radius 2 is 1.83 bits per heavy atom. The molecule has 4 nitrogen and oxygen atoms in total. The zero-order valence-corrected chi connectivity index (χ0v) is 13.8. The van der Waals surface area contributed by atoms with Crippen LogP contribution in [0.2, 0.25) is 0 Å². The number of para-hydroxylation sites is 1. The standard InChI is InChI=1S/C18H19NO3S/c1-14-7-9-15(10-8-14)23(20,21)19-13-18(11-4-12-22-18)16-5-2-3-6-17(16)19/h2-3,5-10H,4,11-13H2,1H3. The average Bonchev–Trinajstić information content (AvgIpc) is 3.15. The lowest BCUT2D eigenvalue weighted by molar-refractivity contribution is 0.0159. The van der Waals surface area contributed by atoms with Gasteiger partial charge in [0.15, 0.2) is 0 Å². The third kappa shape index (κ3) is 2.18. The lowest BCUT2D eigenvalue weighted by Gasteiger charge is -2.25. The normalized spacial score (nSPS) is 23.4. The number of hydrogen-bond acceptors (Lipinski definition) is 3. The van der Waals surface area contributed by atoms with Crippen molar-refractivity contribution in [3.8, 4) is 0 Å². The number of aryl methyl sites for hydroxylation is 1. The summed E-state index contributed by atoms with van der Waals surface area (Å²) in [6.45, 7) is 3.00. The fourth-order valence-corrected chi connectivity index (χ4v) is 5.10. The van der Waals surface area contributed by atoms with Gasteiger partial charge in [-0.3, -0.25) is 4.31 Å². The molecule has 1 spiro atoms. The van der Waals surface area contributed by atoms with Gasteiger partial charge in [-0.05, 0) is 38.0 Å². The van der Waals surface area contributed by atoms with Crippen molar-refractivity contribution in [2.24, 2.45) is 0 Å². The minimum Gasteiger partial charge on any atom is -0.368 e. The van der Waals surface area contributed by atoms with Gasteiger partial charge in [0.1, 0.15) is 5.60 Å². The molecule has 0 aromatic heterocycles. The van der Waals surface area contributed by atoms with Gasteiger partial charge in [-0.1, -0.05) is 35.9 Å². The molecule has 2 aromatic rings. The van der Waals surface area contributed by atoms with Crippen molar-refractivity contribution in [2.45, 2.75) is 30.3 Å². The van der Waals surface area contributed by atoms with E-state index < -0.39 is 15.6 Å². The zero-order valence-electron chi connectivity index (χ0n) is 13.0. The first kappa shape index (κ1) is 14.7. The van der Waals surface area contributed by atoms with Crippen LogP contribution in [0.3, 0.4) is 0 Å². The molecule has 1 saturated heterocycles. The Morgan fingerprint density at radius 3 is 2.52 bits per heavy atom. The predicted octanol–water partition coefficient (Wildman–Crippen LogP) is 3.21. The van der Waals surface area contributed by atoms with Crippen LogP contribution in [0.4, 0.5) is 5.69 Å². The van der Waals surface area contributed by atoms with Gasteiger partial charge >= 0.3 is 0 Å². The van der Waals surface area contributed by atoms with Gasteiger partial charge < -0.3 is 4.74 Å². The quantitative estimate of drug-likeness (QED) is 0.850. The second-order valence-electron chi connectivity index (χ2n) is 6.29. The maximum atomic E-state index is 13.1. The van der Waals surface area contributed by atoms with Crippen LogP contribution in [0.5, 0.6) is 0 Å². The highest BCUT2D eigenvalue weighted by atomic mass is 32.2. The molecule has 0 radical (unpaired) electrons. The molecular weight excluding hydrogens is 310 g/mol. The van der Waals surface area contributed by atoms with E-state index in [1.165, 1.54) is 4.31 Å². The van der Waals surface area contributed by atoms with E-state index in [0.29, 0.717) is 18.0 Å². The summed E-state index contributed by atoms with van der Waals surface area (Å²) in [6.07, 6.45) is 1.83. The summed E-state index contributed by atoms with van der Waals surface area (Å²) in [4.78, 5) is 0.327. The highest BCUT2D eigenvalue weighted by Crippen LogP contribution is 2.48. The van der Waals surface area contributed by atoms with E-state index in [4.69, 9.17) is 4.74 Å². The Morgan fingerprint density at radius 1 is 1.09 bits per heavy atom. The second kappa shape index (κ2) is 5.08. The Kier molecular flexibility index (Phi) is 3.25. The fraction of sp³-hybridized carbons (Fsp3) is 0.333. The third-order valence-corrected chi connectivity index (χ3v) is 6.55. The minimum absolute atomic E-state index is 0.327. The van der Waals surface area contributed by atoms with Crippen LogP contribution in [0.25, 0.3) is 0 Å². The van der Waals surface area contributed by atoms with Crippen molar-refractivity contribution in [1.29, 1.82) is 0 Å². The van der Waals surface area contributed by atoms with Crippen LogP contribution in [-0.2, 0) is 20.4 Å². The smallest absolute Gasteiger partial charge is 0.264 e. The number of sulfonamides is 1. The van der Waals surface area contributed by atoms with Crippen LogP contribution >= 0.6 is 0 Å². The number of nitrogens with zero attached hydrogens (tertiary/aromatic N) is 1. The van der Waals surface area contributed by atoms with Gasteiger partial charge in [0.25, 0.3) is 10.0 Å². The maximum Gasteiger partial charge on any atom is 0.264 e. The van der Waals surface area contributed by atoms with Crippen LogP contribution < -0.4 is 4.31 Å². The van der Waals surface area contributed by atoms with E-state index in [0.717, 1.165) is 29.7 Å². The SMILES string of the molecule is Cc1ccc(S(=O)(=O)N2CC3(CCCO3)c3ccccc32)cc1. The Hall–Kier alpha value is -1.85. The highest BCUT2D eigenvalue weighted by molar-refractivity contribution is 7.92. The van der Waals surface area contributed by atoms with E-state index >= 15 is 0 Å². The number of benzene rings is 2. The number of hydrogen-bond donors (Lipinski definition) is 0. The Bertz CT molecular complexity index is 837. The maximum absolute atomic E-state index is 13.1. The number of rotatable bonds is 2. The summed E-state index contributed by atoms with van der Waals surface area (Å²) >= 11 is 0. The summed E-state index contributed by atoms with van der Waals surface area (Å²) in [5.41, 5.74) is 2.30. The summed E-state index contributed by atoms with van der Waals surface area (Å²) in [7, 11) is -3.58. The molecule has 0 aliphatic carbocycles. The summed E-state index contributed by atoms with van der Waals surface area (Å²) in [6, 6.07) is 14.7. The van der Waals surface area contributed by atoms with Crippen molar-refractivity contribution >= 4 is 15.7 Å². The molecule has 2 aromatic carbocycles. The van der Waals surface area contributed by atoms with Gasteiger partial charge in [0.2, 0.25) is 0 Å². The zero-order chi connectivity index (χ0) is 16.1. The van der Waals surface area contributed by atoms with Crippen molar-refractivity contribution in [1.82, 2.24) is 0 Å². The molecular formula is C18H19NO3S. The first-order valence-electron chi connectivity index (χ1n) is 7.86. The molecule has 0 saturated carbocycles. The van der Waals surface area contributed by atoms with Crippen molar-refractivity contribution in [3.05, 3.63) is 59.7 Å². The molecule has 0 N–H and O–H groups in total. The lowest BCUT2D eigenvalue weighted by Crippen LogP contribution is -2.36. The van der Waals surface area contributed by atoms with Gasteiger partial charge in [-0.2, -0.15) is 0 Å². The van der Waals surface area contributed by atoms with E-state index in [9.17, 15) is 8.42 Å². The molecule has 1 unspecified atom stereocenters. The van der Waals surface area contributed by atoms with Crippen LogP contribution in [0.15, 0.2) is 53.4 Å². The van der Waals surface area contributed by atoms with Gasteiger partial charge in [0, 0.05) is 12.2 Å². The fourth-order valence-electron chi connectivity index (χ4n) is 3.57. The molecule has 120 valence electrons. The van der Waals surface area contributed by atoms with Crippen molar-refractivity contribution < 1.29 is 13.2 Å². The molecule has 0 bridgehead atoms. The number of fused-ring (bicyclic) bond motifs is 2. The summed E-state index contributed by atoms with van der Waals surface area (Å²) in [5.74, 6) is 0.